The van der Waals surface area contributed by atoms with E-state index in [-0.39, 0.29) is 12.2 Å². The van der Waals surface area contributed by atoms with E-state index >= 15 is 0 Å². The molecule has 0 N–H and O–H groups in total. The van der Waals surface area contributed by atoms with Crippen LogP contribution in [0.15, 0.2) is 11.8 Å². The monoisotopic (exact) mass is 207 g/mol. The van der Waals surface area contributed by atoms with Gasteiger partial charge in [-0.05, 0) is 18.7 Å². The van der Waals surface area contributed by atoms with E-state index < -0.39 is 11.3 Å². The molecule has 82 valence electrons. The van der Waals surface area contributed by atoms with Gasteiger partial charge >= 0.3 is 5.97 Å². The first-order valence-electron chi connectivity index (χ1n) is 4.54. The largest absolute Gasteiger partial charge is 0.462 e. The lowest BCUT2D eigenvalue weighted by molar-refractivity contribution is -0.140. The molecule has 5 heteroatoms. The summed E-state index contributed by atoms with van der Waals surface area (Å²) in [7, 11) is 0. The quantitative estimate of drug-likeness (QED) is 0.290. The summed E-state index contributed by atoms with van der Waals surface area (Å²) in [6.07, 6.45) is 3.19. The molecule has 0 rings (SSSR count). The average molecular weight is 207 g/mol. The van der Waals surface area contributed by atoms with Gasteiger partial charge in [-0.2, -0.15) is 0 Å². The molecule has 0 aromatic heterocycles. The fraction of sp³-hybridized carbons (Fsp3) is 0.667. The molecule has 0 saturated heterocycles. The maximum atomic E-state index is 11.6. The fourth-order valence-corrected chi connectivity index (χ4v) is 0.830. The smallest absolute Gasteiger partial charge is 0.335 e. The Hall–Kier alpha value is -1.13. The van der Waals surface area contributed by atoms with E-state index in [0.717, 1.165) is 19.3 Å². The van der Waals surface area contributed by atoms with Crippen LogP contribution in [0.3, 0.4) is 0 Å². The van der Waals surface area contributed by atoms with Crippen LogP contribution < -0.4 is 0 Å². The molecule has 0 aliphatic carbocycles. The molecule has 0 fully saturated rings. The number of carbonyl (C=O) groups is 1. The highest BCUT2D eigenvalue weighted by atomic mass is 19.4. The molecule has 0 unspecified atom stereocenters. The summed E-state index contributed by atoms with van der Waals surface area (Å²) in [5.74, 6) is -0.693. The van der Waals surface area contributed by atoms with Gasteiger partial charge in [-0.3, -0.25) is 0 Å². The van der Waals surface area contributed by atoms with E-state index in [1.54, 1.807) is 0 Å². The van der Waals surface area contributed by atoms with Crippen molar-refractivity contribution in [3.05, 3.63) is 11.8 Å². The standard InChI is InChI=1S/C9H15F2NO2/c1-3-4-5-6-14-9(13)8(2)7-12(10)11/h7H,3-6H2,1-2H3. The first-order valence-corrected chi connectivity index (χ1v) is 4.54. The van der Waals surface area contributed by atoms with Crippen LogP contribution in [0.25, 0.3) is 0 Å². The molecule has 0 aliphatic rings. The van der Waals surface area contributed by atoms with Gasteiger partial charge in [0.1, 0.15) is 0 Å². The highest BCUT2D eigenvalue weighted by Gasteiger charge is 2.07. The molecule has 0 amide bonds. The van der Waals surface area contributed by atoms with E-state index in [1.807, 2.05) is 6.92 Å². The summed E-state index contributed by atoms with van der Waals surface area (Å²) in [5.41, 5.74) is -0.105. The third-order valence-electron chi connectivity index (χ3n) is 1.59. The number of rotatable bonds is 6. The van der Waals surface area contributed by atoms with Gasteiger partial charge in [0.25, 0.3) is 0 Å². The van der Waals surface area contributed by atoms with Crippen molar-refractivity contribution in [1.29, 1.82) is 0 Å². The van der Waals surface area contributed by atoms with Crippen molar-refractivity contribution in [2.75, 3.05) is 6.61 Å². The first kappa shape index (κ1) is 12.9. The summed E-state index contributed by atoms with van der Waals surface area (Å²) in [6, 6.07) is 0. The van der Waals surface area contributed by atoms with Crippen molar-refractivity contribution >= 4 is 5.97 Å². The Morgan fingerprint density at radius 3 is 2.57 bits per heavy atom. The van der Waals surface area contributed by atoms with Crippen LogP contribution in [0.2, 0.25) is 0 Å². The lowest BCUT2D eigenvalue weighted by Gasteiger charge is -2.04. The molecule has 3 nitrogen and oxygen atoms in total. The van der Waals surface area contributed by atoms with Gasteiger partial charge in [-0.1, -0.05) is 28.7 Å². The van der Waals surface area contributed by atoms with Crippen LogP contribution in [0.4, 0.5) is 8.96 Å². The van der Waals surface area contributed by atoms with E-state index in [0.29, 0.717) is 6.20 Å². The zero-order chi connectivity index (χ0) is 11.0. The van der Waals surface area contributed by atoms with Crippen LogP contribution >= 0.6 is 0 Å². The van der Waals surface area contributed by atoms with Crippen molar-refractivity contribution in [3.63, 3.8) is 0 Å². The van der Waals surface area contributed by atoms with Crippen molar-refractivity contribution in [3.8, 4) is 0 Å². The summed E-state index contributed by atoms with van der Waals surface area (Å²) >= 11 is 0. The predicted molar refractivity (Wildman–Crippen MR) is 48.3 cm³/mol. The SMILES string of the molecule is CCCCCOC(=O)C(C)=CN(F)F. The number of halogens is 2. The van der Waals surface area contributed by atoms with Crippen LogP contribution in [0.5, 0.6) is 0 Å². The van der Waals surface area contributed by atoms with E-state index in [9.17, 15) is 13.8 Å². The molecule has 0 bridgehead atoms. The topological polar surface area (TPSA) is 29.5 Å². The van der Waals surface area contributed by atoms with Crippen molar-refractivity contribution in [2.24, 2.45) is 0 Å². The van der Waals surface area contributed by atoms with Crippen LogP contribution in [-0.2, 0) is 9.53 Å². The Labute approximate surface area is 82.2 Å². The van der Waals surface area contributed by atoms with E-state index in [2.05, 4.69) is 0 Å². The molecule has 0 radical (unpaired) electrons. The molecular formula is C9H15F2NO2. The highest BCUT2D eigenvalue weighted by Crippen LogP contribution is 2.02. The third-order valence-corrected chi connectivity index (χ3v) is 1.59. The second kappa shape index (κ2) is 7.29. The van der Waals surface area contributed by atoms with E-state index in [1.165, 1.54) is 6.92 Å². The molecular weight excluding hydrogens is 192 g/mol. The third kappa shape index (κ3) is 6.39. The number of nitrogens with zero attached hydrogens (tertiary/aromatic N) is 1. The Morgan fingerprint density at radius 2 is 2.07 bits per heavy atom. The highest BCUT2D eigenvalue weighted by molar-refractivity contribution is 5.87. The molecule has 0 spiro atoms. The number of carbonyl (C=O) groups excluding carboxylic acids is 1. The number of esters is 1. The molecule has 14 heavy (non-hydrogen) atoms. The Bertz CT molecular complexity index is 205. The number of ether oxygens (including phenoxy) is 1. The number of hydrogen-bond acceptors (Lipinski definition) is 3. The van der Waals surface area contributed by atoms with Gasteiger partial charge < -0.3 is 4.74 Å². The van der Waals surface area contributed by atoms with Gasteiger partial charge in [0, 0.05) is 0 Å². The summed E-state index contributed by atoms with van der Waals surface area (Å²) < 4.78 is 28.0. The Morgan fingerprint density at radius 1 is 1.43 bits per heavy atom. The number of hydrogen-bond donors (Lipinski definition) is 0. The van der Waals surface area contributed by atoms with Gasteiger partial charge in [0.15, 0.2) is 0 Å². The minimum atomic E-state index is -1.16. The van der Waals surface area contributed by atoms with Gasteiger partial charge in [-0.15, -0.1) is 0 Å². The molecule has 0 heterocycles. The Kier molecular flexibility index (Phi) is 6.70. The molecule has 0 aliphatic heterocycles. The normalized spacial score (nSPS) is 11.3. The lowest BCUT2D eigenvalue weighted by Crippen LogP contribution is -2.08. The van der Waals surface area contributed by atoms with Crippen LogP contribution in [0.1, 0.15) is 33.1 Å². The zero-order valence-electron chi connectivity index (χ0n) is 8.43. The van der Waals surface area contributed by atoms with Gasteiger partial charge in [-0.25, -0.2) is 4.79 Å². The molecule has 0 aromatic carbocycles. The summed E-state index contributed by atoms with van der Waals surface area (Å²) in [6.45, 7) is 3.60. The molecule has 0 aromatic rings. The predicted octanol–water partition coefficient (Wildman–Crippen LogP) is 2.69. The zero-order valence-corrected chi connectivity index (χ0v) is 8.43. The lowest BCUT2D eigenvalue weighted by atomic mass is 10.3. The van der Waals surface area contributed by atoms with E-state index in [4.69, 9.17) is 4.74 Å². The summed E-state index contributed by atoms with van der Waals surface area (Å²) in [4.78, 5) is 11.0. The molecule has 0 atom stereocenters. The second-order valence-electron chi connectivity index (χ2n) is 2.91. The van der Waals surface area contributed by atoms with Gasteiger partial charge in [0.2, 0.25) is 0 Å². The maximum absolute atomic E-state index is 11.6. The minimum absolute atomic E-state index is 0.105. The first-order chi connectivity index (χ1) is 6.57. The van der Waals surface area contributed by atoms with Crippen LogP contribution in [-0.4, -0.2) is 17.9 Å². The molecule has 0 saturated carbocycles. The number of unbranched alkanes of at least 4 members (excludes halogenated alkanes) is 2. The Balaban J connectivity index is 3.73. The van der Waals surface area contributed by atoms with Gasteiger partial charge in [0.05, 0.1) is 18.4 Å². The van der Waals surface area contributed by atoms with Crippen molar-refractivity contribution < 1.29 is 18.5 Å². The fourth-order valence-electron chi connectivity index (χ4n) is 0.830. The summed E-state index contributed by atoms with van der Waals surface area (Å²) in [5, 5.41) is -1.16. The average Bonchev–Trinajstić information content (AvgIpc) is 2.11. The second-order valence-corrected chi connectivity index (χ2v) is 2.91. The van der Waals surface area contributed by atoms with Crippen molar-refractivity contribution in [1.82, 2.24) is 5.34 Å². The van der Waals surface area contributed by atoms with Crippen molar-refractivity contribution in [2.45, 2.75) is 33.1 Å². The minimum Gasteiger partial charge on any atom is -0.462 e. The van der Waals surface area contributed by atoms with Crippen LogP contribution in [0, 0.1) is 0 Å². The maximum Gasteiger partial charge on any atom is 0.335 e.